The molecule has 104 valence electrons. The molecular weight excluding hydrogens is 332 g/mol. The van der Waals surface area contributed by atoms with Crippen molar-refractivity contribution in [3.63, 3.8) is 0 Å². The van der Waals surface area contributed by atoms with E-state index in [0.717, 1.165) is 5.69 Å². The molecule has 21 heavy (non-hydrogen) atoms. The van der Waals surface area contributed by atoms with Gasteiger partial charge in [-0.05, 0) is 46.3 Å². The van der Waals surface area contributed by atoms with Gasteiger partial charge in [0.15, 0.2) is 0 Å². The van der Waals surface area contributed by atoms with Gasteiger partial charge in [-0.1, -0.05) is 6.07 Å². The van der Waals surface area contributed by atoms with Crippen LogP contribution in [0.3, 0.4) is 0 Å². The van der Waals surface area contributed by atoms with Crippen LogP contribution in [0.15, 0.2) is 65.8 Å². The van der Waals surface area contributed by atoms with Crippen LogP contribution in [0.2, 0.25) is 0 Å². The van der Waals surface area contributed by atoms with Gasteiger partial charge in [-0.25, -0.2) is 9.97 Å². The van der Waals surface area contributed by atoms with Crippen molar-refractivity contribution >= 4 is 27.5 Å². The lowest BCUT2D eigenvalue weighted by Crippen LogP contribution is -2.14. The number of aromatic nitrogens is 3. The molecule has 0 bridgehead atoms. The van der Waals surface area contributed by atoms with Gasteiger partial charge in [0.2, 0.25) is 0 Å². The summed E-state index contributed by atoms with van der Waals surface area (Å²) in [6.07, 6.45) is 6.84. The molecule has 0 aliphatic rings. The molecule has 0 atom stereocenters. The van der Waals surface area contributed by atoms with Crippen LogP contribution in [0, 0.1) is 0 Å². The first-order valence-electron chi connectivity index (χ1n) is 6.24. The number of carbonyl (C=O) groups is 1. The second kappa shape index (κ2) is 5.88. The summed E-state index contributed by atoms with van der Waals surface area (Å²) in [5.74, 6) is -0.259. The molecule has 3 rings (SSSR count). The molecule has 0 fully saturated rings. The number of anilines is 1. The van der Waals surface area contributed by atoms with Gasteiger partial charge in [-0.15, -0.1) is 0 Å². The lowest BCUT2D eigenvalue weighted by molar-refractivity contribution is 0.102. The van der Waals surface area contributed by atoms with Crippen LogP contribution in [0.1, 0.15) is 10.5 Å². The van der Waals surface area contributed by atoms with E-state index >= 15 is 0 Å². The fourth-order valence-electron chi connectivity index (χ4n) is 1.90. The monoisotopic (exact) mass is 342 g/mol. The summed E-state index contributed by atoms with van der Waals surface area (Å²) in [7, 11) is 0. The zero-order valence-corrected chi connectivity index (χ0v) is 12.5. The highest BCUT2D eigenvalue weighted by Crippen LogP contribution is 2.18. The van der Waals surface area contributed by atoms with E-state index in [1.807, 2.05) is 35.0 Å². The van der Waals surface area contributed by atoms with Gasteiger partial charge in [0.05, 0.1) is 6.33 Å². The Morgan fingerprint density at radius 3 is 2.86 bits per heavy atom. The molecule has 1 N–H and O–H groups in total. The largest absolute Gasteiger partial charge is 0.321 e. The molecule has 3 aromatic rings. The lowest BCUT2D eigenvalue weighted by atomic mass is 10.2. The number of carbonyl (C=O) groups excluding carboxylic acids is 1. The zero-order chi connectivity index (χ0) is 14.7. The van der Waals surface area contributed by atoms with Gasteiger partial charge in [-0.2, -0.15) is 0 Å². The molecule has 2 aromatic heterocycles. The molecular formula is C15H11BrN4O. The molecule has 1 amide bonds. The Hall–Kier alpha value is -2.47. The third-order valence-corrected chi connectivity index (χ3v) is 3.52. The van der Waals surface area contributed by atoms with Crippen LogP contribution in [-0.4, -0.2) is 20.4 Å². The second-order valence-electron chi connectivity index (χ2n) is 4.31. The summed E-state index contributed by atoms with van der Waals surface area (Å²) in [6, 6.07) is 11.1. The van der Waals surface area contributed by atoms with Gasteiger partial charge >= 0.3 is 0 Å². The SMILES string of the molecule is O=C(Nc1cccc(-n2ccnc2)c1)c1ncccc1Br. The molecule has 0 aliphatic heterocycles. The average molecular weight is 343 g/mol. The molecule has 0 aliphatic carbocycles. The van der Waals surface area contributed by atoms with Gasteiger partial charge in [0.1, 0.15) is 5.69 Å². The Labute approximate surface area is 129 Å². The van der Waals surface area contributed by atoms with Crippen molar-refractivity contribution in [2.75, 3.05) is 5.32 Å². The normalized spacial score (nSPS) is 10.3. The summed E-state index contributed by atoms with van der Waals surface area (Å²) in [5, 5.41) is 2.84. The number of pyridine rings is 1. The van der Waals surface area contributed by atoms with Crippen molar-refractivity contribution < 1.29 is 4.79 Å². The first-order valence-corrected chi connectivity index (χ1v) is 7.03. The summed E-state index contributed by atoms with van der Waals surface area (Å²) < 4.78 is 2.53. The van der Waals surface area contributed by atoms with Crippen LogP contribution in [-0.2, 0) is 0 Å². The Balaban J connectivity index is 1.84. The highest BCUT2D eigenvalue weighted by atomic mass is 79.9. The zero-order valence-electron chi connectivity index (χ0n) is 10.9. The molecule has 0 unspecified atom stereocenters. The van der Waals surface area contributed by atoms with E-state index in [2.05, 4.69) is 31.2 Å². The quantitative estimate of drug-likeness (QED) is 0.794. The molecule has 5 nitrogen and oxygen atoms in total. The van der Waals surface area contributed by atoms with Crippen molar-refractivity contribution in [2.24, 2.45) is 0 Å². The number of amides is 1. The third-order valence-electron chi connectivity index (χ3n) is 2.88. The molecule has 0 spiro atoms. The molecule has 0 saturated carbocycles. The fourth-order valence-corrected chi connectivity index (χ4v) is 2.33. The number of halogens is 1. The van der Waals surface area contributed by atoms with Gasteiger partial charge in [0.25, 0.3) is 5.91 Å². The van der Waals surface area contributed by atoms with Crippen LogP contribution in [0.4, 0.5) is 5.69 Å². The standard InChI is InChI=1S/C15H11BrN4O/c16-13-5-2-6-18-14(13)15(21)19-11-3-1-4-12(9-11)20-8-7-17-10-20/h1-10H,(H,19,21). The highest BCUT2D eigenvalue weighted by molar-refractivity contribution is 9.10. The maximum absolute atomic E-state index is 12.2. The van der Waals surface area contributed by atoms with Crippen molar-refractivity contribution in [3.8, 4) is 5.69 Å². The van der Waals surface area contributed by atoms with Crippen molar-refractivity contribution in [2.45, 2.75) is 0 Å². The minimum Gasteiger partial charge on any atom is -0.321 e. The number of hydrogen-bond donors (Lipinski definition) is 1. The maximum atomic E-state index is 12.2. The van der Waals surface area contributed by atoms with E-state index < -0.39 is 0 Å². The first-order chi connectivity index (χ1) is 10.2. The lowest BCUT2D eigenvalue weighted by Gasteiger charge is -2.08. The van der Waals surface area contributed by atoms with E-state index in [0.29, 0.717) is 15.9 Å². The number of nitrogens with one attached hydrogen (secondary N) is 1. The Bertz CT molecular complexity index is 771. The van der Waals surface area contributed by atoms with Gasteiger partial charge in [0, 0.05) is 34.4 Å². The first kappa shape index (κ1) is 13.5. The minimum atomic E-state index is -0.259. The summed E-state index contributed by atoms with van der Waals surface area (Å²) >= 11 is 3.32. The number of hydrogen-bond acceptors (Lipinski definition) is 3. The average Bonchev–Trinajstić information content (AvgIpc) is 3.02. The van der Waals surface area contributed by atoms with Crippen LogP contribution < -0.4 is 5.32 Å². The van der Waals surface area contributed by atoms with Crippen LogP contribution >= 0.6 is 15.9 Å². The predicted molar refractivity (Wildman–Crippen MR) is 83.5 cm³/mol. The van der Waals surface area contributed by atoms with Gasteiger partial charge < -0.3 is 9.88 Å². The minimum absolute atomic E-state index is 0.259. The van der Waals surface area contributed by atoms with Crippen LogP contribution in [0.5, 0.6) is 0 Å². The molecule has 0 saturated heterocycles. The van der Waals surface area contributed by atoms with Crippen molar-refractivity contribution in [1.29, 1.82) is 0 Å². The van der Waals surface area contributed by atoms with E-state index in [1.54, 1.807) is 30.9 Å². The third kappa shape index (κ3) is 3.00. The molecule has 0 radical (unpaired) electrons. The molecule has 1 aromatic carbocycles. The highest BCUT2D eigenvalue weighted by Gasteiger charge is 2.11. The van der Waals surface area contributed by atoms with Gasteiger partial charge in [-0.3, -0.25) is 4.79 Å². The van der Waals surface area contributed by atoms with Crippen LogP contribution in [0.25, 0.3) is 5.69 Å². The van der Waals surface area contributed by atoms with Crippen molar-refractivity contribution in [1.82, 2.24) is 14.5 Å². The van der Waals surface area contributed by atoms with E-state index in [1.165, 1.54) is 0 Å². The maximum Gasteiger partial charge on any atom is 0.275 e. The van der Waals surface area contributed by atoms with E-state index in [9.17, 15) is 4.79 Å². The number of benzene rings is 1. The number of imidazole rings is 1. The fraction of sp³-hybridized carbons (Fsp3) is 0. The molecule has 6 heteroatoms. The number of rotatable bonds is 3. The summed E-state index contributed by atoms with van der Waals surface area (Å²) in [5.41, 5.74) is 1.97. The number of nitrogens with zero attached hydrogens (tertiary/aromatic N) is 3. The smallest absolute Gasteiger partial charge is 0.275 e. The van der Waals surface area contributed by atoms with E-state index in [-0.39, 0.29) is 5.91 Å². The summed E-state index contributed by atoms with van der Waals surface area (Å²) in [4.78, 5) is 20.3. The Morgan fingerprint density at radius 1 is 1.19 bits per heavy atom. The van der Waals surface area contributed by atoms with Crippen molar-refractivity contribution in [3.05, 3.63) is 71.5 Å². The molecule has 2 heterocycles. The Kier molecular flexibility index (Phi) is 3.79. The predicted octanol–water partition coefficient (Wildman–Crippen LogP) is 3.28. The Morgan fingerprint density at radius 2 is 2.10 bits per heavy atom. The second-order valence-corrected chi connectivity index (χ2v) is 5.16. The van der Waals surface area contributed by atoms with E-state index in [4.69, 9.17) is 0 Å². The topological polar surface area (TPSA) is 59.8 Å². The summed E-state index contributed by atoms with van der Waals surface area (Å²) in [6.45, 7) is 0.